The summed E-state index contributed by atoms with van der Waals surface area (Å²) in [7, 11) is 0. The molecular formula is C14H16N6O2. The molecule has 0 spiro atoms. The third-order valence-corrected chi connectivity index (χ3v) is 3.57. The molecule has 0 unspecified atom stereocenters. The van der Waals surface area contributed by atoms with Crippen molar-refractivity contribution in [3.8, 4) is 5.88 Å². The van der Waals surface area contributed by atoms with Crippen LogP contribution in [-0.4, -0.2) is 24.4 Å². The molecule has 3 heterocycles. The Morgan fingerprint density at radius 1 is 1.18 bits per heavy atom. The molecule has 0 radical (unpaired) electrons. The first kappa shape index (κ1) is 14.1. The Kier molecular flexibility index (Phi) is 3.50. The summed E-state index contributed by atoms with van der Waals surface area (Å²) in [4.78, 5) is 19.3. The largest absolute Gasteiger partial charge is 0.492 e. The van der Waals surface area contributed by atoms with Crippen LogP contribution in [0.15, 0.2) is 28.2 Å². The first-order chi connectivity index (χ1) is 10.7. The molecule has 0 saturated carbocycles. The molecule has 1 aliphatic heterocycles. The number of rotatable bonds is 4. The van der Waals surface area contributed by atoms with E-state index in [1.54, 1.807) is 12.2 Å². The molecule has 0 amide bonds. The lowest BCUT2D eigenvalue weighted by molar-refractivity contribution is 0.305. The van der Waals surface area contributed by atoms with Crippen LogP contribution in [0.4, 0.5) is 11.6 Å². The van der Waals surface area contributed by atoms with Crippen molar-refractivity contribution in [3.63, 3.8) is 0 Å². The maximum Gasteiger partial charge on any atom is 0.298 e. The van der Waals surface area contributed by atoms with Crippen LogP contribution in [0.2, 0.25) is 0 Å². The van der Waals surface area contributed by atoms with Gasteiger partial charge < -0.3 is 10.1 Å². The van der Waals surface area contributed by atoms with E-state index in [-0.39, 0.29) is 23.1 Å². The zero-order valence-electron chi connectivity index (χ0n) is 12.0. The molecule has 0 atom stereocenters. The van der Waals surface area contributed by atoms with Crippen molar-refractivity contribution in [3.05, 3.63) is 34.9 Å². The number of H-pyrrole nitrogens is 1. The zero-order chi connectivity index (χ0) is 15.7. The normalized spacial score (nSPS) is 14.2. The number of aromatic amines is 1. The molecule has 3 rings (SSSR count). The van der Waals surface area contributed by atoms with Gasteiger partial charge in [-0.25, -0.2) is 14.3 Å². The van der Waals surface area contributed by atoms with E-state index in [9.17, 15) is 9.90 Å². The SMILES string of the molecule is C=Cc1nc(N=Nc2c(O)n3n(c2=O)CCCC3)[nH]c1C=C. The molecule has 2 aromatic heterocycles. The maximum atomic E-state index is 12.2. The van der Waals surface area contributed by atoms with Gasteiger partial charge in [0, 0.05) is 13.1 Å². The summed E-state index contributed by atoms with van der Waals surface area (Å²) in [5.74, 6) is 0.0608. The summed E-state index contributed by atoms with van der Waals surface area (Å²) in [6, 6.07) is 0. The number of hydrogen-bond donors (Lipinski definition) is 2. The van der Waals surface area contributed by atoms with Gasteiger partial charge >= 0.3 is 0 Å². The summed E-state index contributed by atoms with van der Waals surface area (Å²) >= 11 is 0. The Labute approximate surface area is 126 Å². The summed E-state index contributed by atoms with van der Waals surface area (Å²) in [5, 5.41) is 17.9. The molecular weight excluding hydrogens is 284 g/mol. The minimum atomic E-state index is -0.347. The number of nitrogens with one attached hydrogen (secondary N) is 1. The van der Waals surface area contributed by atoms with E-state index >= 15 is 0 Å². The van der Waals surface area contributed by atoms with E-state index in [1.165, 1.54) is 9.36 Å². The van der Waals surface area contributed by atoms with Gasteiger partial charge in [0.25, 0.3) is 5.56 Å². The molecule has 0 bridgehead atoms. The fraction of sp³-hybridized carbons (Fsp3) is 0.286. The van der Waals surface area contributed by atoms with E-state index in [1.807, 2.05) is 0 Å². The molecule has 0 aliphatic carbocycles. The molecule has 2 N–H and O–H groups in total. The van der Waals surface area contributed by atoms with E-state index in [4.69, 9.17) is 0 Å². The highest BCUT2D eigenvalue weighted by molar-refractivity contribution is 5.59. The number of aromatic hydroxyl groups is 1. The Morgan fingerprint density at radius 3 is 2.50 bits per heavy atom. The molecule has 2 aromatic rings. The van der Waals surface area contributed by atoms with E-state index in [0.717, 1.165) is 12.8 Å². The van der Waals surface area contributed by atoms with Crippen LogP contribution >= 0.6 is 0 Å². The van der Waals surface area contributed by atoms with Crippen molar-refractivity contribution in [1.82, 2.24) is 19.3 Å². The molecule has 114 valence electrons. The van der Waals surface area contributed by atoms with Crippen LogP contribution in [0.25, 0.3) is 12.2 Å². The van der Waals surface area contributed by atoms with Gasteiger partial charge in [-0.15, -0.1) is 10.2 Å². The summed E-state index contributed by atoms with van der Waals surface area (Å²) in [5.41, 5.74) is 0.848. The lowest BCUT2D eigenvalue weighted by atomic mass is 10.3. The number of aromatic nitrogens is 4. The van der Waals surface area contributed by atoms with Gasteiger partial charge in [-0.3, -0.25) is 4.79 Å². The standard InChI is InChI=1S/C14H16N6O2/c1-3-9-10(4-2)16-14(15-9)18-17-11-12(21)19-7-5-6-8-20(19)13(11)22/h3-4,21H,1-2,5-8H2,(H,15,16). The molecule has 8 heteroatoms. The number of hydrogen-bond acceptors (Lipinski definition) is 5. The van der Waals surface area contributed by atoms with E-state index < -0.39 is 0 Å². The first-order valence-electron chi connectivity index (χ1n) is 6.95. The smallest absolute Gasteiger partial charge is 0.298 e. The van der Waals surface area contributed by atoms with Crippen LogP contribution in [0.3, 0.4) is 0 Å². The van der Waals surface area contributed by atoms with Crippen molar-refractivity contribution in [2.75, 3.05) is 0 Å². The number of nitrogens with zero attached hydrogens (tertiary/aromatic N) is 5. The summed E-state index contributed by atoms with van der Waals surface area (Å²) < 4.78 is 3.02. The minimum Gasteiger partial charge on any atom is -0.492 e. The predicted molar refractivity (Wildman–Crippen MR) is 82.5 cm³/mol. The predicted octanol–water partition coefficient (Wildman–Crippen LogP) is 2.57. The molecule has 1 aliphatic rings. The molecule has 0 saturated heterocycles. The van der Waals surface area contributed by atoms with Crippen LogP contribution in [-0.2, 0) is 13.1 Å². The summed E-state index contributed by atoms with van der Waals surface area (Å²) in [6.07, 6.45) is 4.98. The Balaban J connectivity index is 1.98. The van der Waals surface area contributed by atoms with Gasteiger partial charge in [-0.05, 0) is 25.0 Å². The lowest BCUT2D eigenvalue weighted by Gasteiger charge is -2.16. The monoisotopic (exact) mass is 300 g/mol. The molecule has 0 aromatic carbocycles. The van der Waals surface area contributed by atoms with Crippen molar-refractivity contribution in [2.45, 2.75) is 25.9 Å². The highest BCUT2D eigenvalue weighted by Crippen LogP contribution is 2.27. The van der Waals surface area contributed by atoms with E-state index in [2.05, 4.69) is 33.4 Å². The molecule has 22 heavy (non-hydrogen) atoms. The fourth-order valence-electron chi connectivity index (χ4n) is 2.47. The molecule has 0 fully saturated rings. The second kappa shape index (κ2) is 5.47. The average Bonchev–Trinajstić information content (AvgIpc) is 3.06. The zero-order valence-corrected chi connectivity index (χ0v) is 12.0. The van der Waals surface area contributed by atoms with Gasteiger partial charge in [-0.1, -0.05) is 13.2 Å². The van der Waals surface area contributed by atoms with Crippen LogP contribution < -0.4 is 5.56 Å². The average molecular weight is 300 g/mol. The van der Waals surface area contributed by atoms with Crippen molar-refractivity contribution in [2.24, 2.45) is 10.2 Å². The highest BCUT2D eigenvalue weighted by atomic mass is 16.3. The van der Waals surface area contributed by atoms with Gasteiger partial charge in [-0.2, -0.15) is 0 Å². The quantitative estimate of drug-likeness (QED) is 0.848. The van der Waals surface area contributed by atoms with Gasteiger partial charge in [0.2, 0.25) is 17.5 Å². The number of fused-ring (bicyclic) bond motifs is 1. The Morgan fingerprint density at radius 2 is 1.91 bits per heavy atom. The van der Waals surface area contributed by atoms with Crippen molar-refractivity contribution < 1.29 is 5.11 Å². The fourth-order valence-corrected chi connectivity index (χ4v) is 2.47. The van der Waals surface area contributed by atoms with Crippen LogP contribution in [0.5, 0.6) is 5.88 Å². The minimum absolute atomic E-state index is 0.0707. The second-order valence-corrected chi connectivity index (χ2v) is 4.90. The van der Waals surface area contributed by atoms with Gasteiger partial charge in [0.1, 0.15) is 0 Å². The topological polar surface area (TPSA) is 101 Å². The van der Waals surface area contributed by atoms with Crippen LogP contribution in [0.1, 0.15) is 24.2 Å². The van der Waals surface area contributed by atoms with Gasteiger partial charge in [0.05, 0.1) is 11.4 Å². The number of azo groups is 1. The Bertz CT molecular complexity index is 798. The molecule has 8 nitrogen and oxygen atoms in total. The number of imidazole rings is 1. The van der Waals surface area contributed by atoms with Crippen LogP contribution in [0, 0.1) is 0 Å². The first-order valence-corrected chi connectivity index (χ1v) is 6.95. The second-order valence-electron chi connectivity index (χ2n) is 4.90. The Hall–Kier alpha value is -2.90. The summed E-state index contributed by atoms with van der Waals surface area (Å²) in [6.45, 7) is 8.47. The van der Waals surface area contributed by atoms with Gasteiger partial charge in [0.15, 0.2) is 0 Å². The van der Waals surface area contributed by atoms with Crippen molar-refractivity contribution in [1.29, 1.82) is 0 Å². The maximum absolute atomic E-state index is 12.2. The van der Waals surface area contributed by atoms with E-state index in [0.29, 0.717) is 24.5 Å². The lowest BCUT2D eigenvalue weighted by Crippen LogP contribution is -2.26. The highest BCUT2D eigenvalue weighted by Gasteiger charge is 2.21. The third-order valence-electron chi connectivity index (χ3n) is 3.57. The van der Waals surface area contributed by atoms with Crippen molar-refractivity contribution >= 4 is 23.8 Å². The third kappa shape index (κ3) is 2.18.